The topological polar surface area (TPSA) is 24.5 Å². The fraction of sp³-hybridized carbons (Fsp3) is 0.647. The van der Waals surface area contributed by atoms with Crippen LogP contribution < -0.4 is 10.2 Å². The number of methoxy groups -OCH3 is 1. The van der Waals surface area contributed by atoms with Crippen LogP contribution in [0.5, 0.6) is 0 Å². The van der Waals surface area contributed by atoms with E-state index in [1.54, 1.807) is 7.11 Å². The summed E-state index contributed by atoms with van der Waals surface area (Å²) in [7, 11) is 1.78. The third-order valence-corrected chi connectivity index (χ3v) is 4.10. The molecule has 1 fully saturated rings. The molecule has 1 saturated heterocycles. The van der Waals surface area contributed by atoms with Crippen LogP contribution >= 0.6 is 0 Å². The van der Waals surface area contributed by atoms with Gasteiger partial charge in [0, 0.05) is 37.6 Å². The molecule has 1 heterocycles. The van der Waals surface area contributed by atoms with Crippen LogP contribution in [0.15, 0.2) is 24.3 Å². The van der Waals surface area contributed by atoms with Gasteiger partial charge in [0.2, 0.25) is 0 Å². The van der Waals surface area contributed by atoms with Crippen molar-refractivity contribution >= 4 is 11.4 Å². The summed E-state index contributed by atoms with van der Waals surface area (Å²) in [6.45, 7) is 8.86. The molecule has 0 saturated carbocycles. The first-order valence-electron chi connectivity index (χ1n) is 7.67. The zero-order valence-electron chi connectivity index (χ0n) is 13.3. The molecule has 20 heavy (non-hydrogen) atoms. The molecular formula is C17H28N2O. The highest BCUT2D eigenvalue weighted by Crippen LogP contribution is 2.23. The number of hydrogen-bond acceptors (Lipinski definition) is 3. The number of ether oxygens (including phenoxy) is 1. The third kappa shape index (κ3) is 4.14. The van der Waals surface area contributed by atoms with E-state index in [0.29, 0.717) is 6.04 Å². The van der Waals surface area contributed by atoms with Crippen molar-refractivity contribution in [3.8, 4) is 0 Å². The second kappa shape index (κ2) is 6.49. The minimum absolute atomic E-state index is 0.0814. The van der Waals surface area contributed by atoms with E-state index in [2.05, 4.69) is 55.3 Å². The Labute approximate surface area is 123 Å². The molecule has 3 heteroatoms. The van der Waals surface area contributed by atoms with Crippen molar-refractivity contribution in [1.82, 2.24) is 0 Å². The maximum atomic E-state index is 5.49. The molecule has 0 radical (unpaired) electrons. The molecule has 0 bridgehead atoms. The Hall–Kier alpha value is -1.22. The first-order valence-corrected chi connectivity index (χ1v) is 7.67. The smallest absolute Gasteiger partial charge is 0.0642 e. The van der Waals surface area contributed by atoms with Gasteiger partial charge >= 0.3 is 0 Å². The number of benzene rings is 1. The number of nitrogens with one attached hydrogen (secondary N) is 1. The van der Waals surface area contributed by atoms with Gasteiger partial charge in [-0.05, 0) is 64.3 Å². The van der Waals surface area contributed by atoms with E-state index in [9.17, 15) is 0 Å². The van der Waals surface area contributed by atoms with Crippen molar-refractivity contribution in [1.29, 1.82) is 0 Å². The van der Waals surface area contributed by atoms with E-state index in [0.717, 1.165) is 6.42 Å². The van der Waals surface area contributed by atoms with Crippen molar-refractivity contribution < 1.29 is 4.74 Å². The number of rotatable bonds is 6. The highest BCUT2D eigenvalue weighted by molar-refractivity contribution is 5.55. The Bertz CT molecular complexity index is 408. The van der Waals surface area contributed by atoms with Crippen LogP contribution in [-0.2, 0) is 4.74 Å². The van der Waals surface area contributed by atoms with Crippen LogP contribution in [0.4, 0.5) is 11.4 Å². The van der Waals surface area contributed by atoms with Gasteiger partial charge in [-0.3, -0.25) is 0 Å². The molecule has 1 unspecified atom stereocenters. The molecule has 0 aliphatic carbocycles. The number of anilines is 2. The molecule has 0 amide bonds. The molecule has 2 rings (SSSR count). The van der Waals surface area contributed by atoms with Crippen molar-refractivity contribution in [3.63, 3.8) is 0 Å². The van der Waals surface area contributed by atoms with Gasteiger partial charge in [-0.25, -0.2) is 0 Å². The maximum absolute atomic E-state index is 5.49. The molecule has 112 valence electrons. The molecule has 1 aromatic carbocycles. The van der Waals surface area contributed by atoms with Gasteiger partial charge in [0.1, 0.15) is 0 Å². The quantitative estimate of drug-likeness (QED) is 0.852. The fourth-order valence-corrected chi connectivity index (χ4v) is 2.90. The normalized spacial score (nSPS) is 17.3. The second-order valence-electron chi connectivity index (χ2n) is 6.45. The Balaban J connectivity index is 1.90. The molecule has 0 aromatic heterocycles. The summed E-state index contributed by atoms with van der Waals surface area (Å²) in [5, 5.41) is 3.55. The van der Waals surface area contributed by atoms with Gasteiger partial charge in [0.15, 0.2) is 0 Å². The van der Waals surface area contributed by atoms with Gasteiger partial charge in [-0.2, -0.15) is 0 Å². The Morgan fingerprint density at radius 1 is 1.20 bits per heavy atom. The van der Waals surface area contributed by atoms with Gasteiger partial charge in [-0.15, -0.1) is 0 Å². The summed E-state index contributed by atoms with van der Waals surface area (Å²) in [5.74, 6) is 0. The lowest BCUT2D eigenvalue weighted by Crippen LogP contribution is -2.31. The summed E-state index contributed by atoms with van der Waals surface area (Å²) in [6, 6.07) is 9.21. The first kappa shape index (κ1) is 15.2. The highest BCUT2D eigenvalue weighted by Gasteiger charge is 2.20. The predicted octanol–water partition coefficient (Wildman–Crippen LogP) is 3.90. The van der Waals surface area contributed by atoms with Gasteiger partial charge in [0.05, 0.1) is 5.60 Å². The van der Waals surface area contributed by atoms with E-state index in [1.165, 1.54) is 37.3 Å². The third-order valence-electron chi connectivity index (χ3n) is 4.10. The van der Waals surface area contributed by atoms with Crippen LogP contribution in [0.3, 0.4) is 0 Å². The van der Waals surface area contributed by atoms with Crippen LogP contribution in [0, 0.1) is 0 Å². The van der Waals surface area contributed by atoms with E-state index in [1.807, 2.05) is 0 Å². The Morgan fingerprint density at radius 3 is 2.35 bits per heavy atom. The average molecular weight is 276 g/mol. The lowest BCUT2D eigenvalue weighted by atomic mass is 9.99. The summed E-state index contributed by atoms with van der Waals surface area (Å²) in [4.78, 5) is 2.46. The zero-order chi connectivity index (χ0) is 14.6. The van der Waals surface area contributed by atoms with Crippen LogP contribution in [0.2, 0.25) is 0 Å². The van der Waals surface area contributed by atoms with Gasteiger partial charge < -0.3 is 15.0 Å². The van der Waals surface area contributed by atoms with E-state index in [-0.39, 0.29) is 5.60 Å². The van der Waals surface area contributed by atoms with E-state index < -0.39 is 0 Å². The summed E-state index contributed by atoms with van der Waals surface area (Å²) in [5.41, 5.74) is 2.45. The largest absolute Gasteiger partial charge is 0.382 e. The molecular weight excluding hydrogens is 248 g/mol. The predicted molar refractivity (Wildman–Crippen MR) is 86.7 cm³/mol. The first-order chi connectivity index (χ1) is 9.50. The van der Waals surface area contributed by atoms with Crippen molar-refractivity contribution in [2.45, 2.75) is 51.7 Å². The number of hydrogen-bond donors (Lipinski definition) is 1. The van der Waals surface area contributed by atoms with Crippen LogP contribution in [0.25, 0.3) is 0 Å². The van der Waals surface area contributed by atoms with Crippen LogP contribution in [-0.4, -0.2) is 31.8 Å². The second-order valence-corrected chi connectivity index (χ2v) is 6.45. The molecule has 1 aliphatic rings. The molecule has 1 aromatic rings. The summed E-state index contributed by atoms with van der Waals surface area (Å²) < 4.78 is 5.49. The average Bonchev–Trinajstić information content (AvgIpc) is 2.93. The highest BCUT2D eigenvalue weighted by atomic mass is 16.5. The minimum Gasteiger partial charge on any atom is -0.382 e. The molecule has 3 nitrogen and oxygen atoms in total. The van der Waals surface area contributed by atoms with Gasteiger partial charge in [-0.1, -0.05) is 0 Å². The molecule has 1 aliphatic heterocycles. The van der Waals surface area contributed by atoms with E-state index >= 15 is 0 Å². The lowest BCUT2D eigenvalue weighted by Gasteiger charge is -2.27. The van der Waals surface area contributed by atoms with Crippen molar-refractivity contribution in [3.05, 3.63) is 24.3 Å². The summed E-state index contributed by atoms with van der Waals surface area (Å²) >= 11 is 0. The fourth-order valence-electron chi connectivity index (χ4n) is 2.90. The van der Waals surface area contributed by atoms with E-state index in [4.69, 9.17) is 4.74 Å². The van der Waals surface area contributed by atoms with Crippen molar-refractivity contribution in [2.75, 3.05) is 30.4 Å². The van der Waals surface area contributed by atoms with Crippen LogP contribution in [0.1, 0.15) is 40.0 Å². The Kier molecular flexibility index (Phi) is 4.92. The van der Waals surface area contributed by atoms with Gasteiger partial charge in [0.25, 0.3) is 0 Å². The SMILES string of the molecule is COC(C)(C)CC(C)Nc1ccc(N2CCCC2)cc1. The molecule has 0 spiro atoms. The Morgan fingerprint density at radius 2 is 1.80 bits per heavy atom. The molecule has 1 atom stereocenters. The standard InChI is InChI=1S/C17H28N2O/c1-14(13-17(2,3)20-4)18-15-7-9-16(10-8-15)19-11-5-6-12-19/h7-10,14,18H,5-6,11-13H2,1-4H3. The summed E-state index contributed by atoms with van der Waals surface area (Å²) in [6.07, 6.45) is 3.63. The van der Waals surface area contributed by atoms with Crippen molar-refractivity contribution in [2.24, 2.45) is 0 Å². The molecule has 1 N–H and O–H groups in total. The lowest BCUT2D eigenvalue weighted by molar-refractivity contribution is 0.0128. The minimum atomic E-state index is -0.0814. The zero-order valence-corrected chi connectivity index (χ0v) is 13.3. The monoisotopic (exact) mass is 276 g/mol. The number of nitrogens with zero attached hydrogens (tertiary/aromatic N) is 1. The maximum Gasteiger partial charge on any atom is 0.0642 e.